The molecular formula is C10H21IMg. The van der Waals surface area contributed by atoms with E-state index in [9.17, 15) is 0 Å². The van der Waals surface area contributed by atoms with E-state index < -0.39 is 0 Å². The van der Waals surface area contributed by atoms with Gasteiger partial charge in [-0.2, -0.15) is 20.3 Å². The van der Waals surface area contributed by atoms with Crippen LogP contribution < -0.4 is 24.0 Å². The molecule has 0 aromatic rings. The Hall–Kier alpha value is 1.50. The Morgan fingerprint density at radius 2 is 1.42 bits per heavy atom. The van der Waals surface area contributed by atoms with Gasteiger partial charge in [0.25, 0.3) is 0 Å². The average molecular weight is 292 g/mol. The SMILES string of the molecule is CCCCCCC[C-](C)C.[I-].[Mg+2]. The summed E-state index contributed by atoms with van der Waals surface area (Å²) in [6, 6.07) is 0. The maximum atomic E-state index is 2.26. The molecule has 0 aromatic carbocycles. The van der Waals surface area contributed by atoms with Crippen LogP contribution in [0.4, 0.5) is 0 Å². The molecule has 2 heteroatoms. The minimum atomic E-state index is 0. The Kier molecular flexibility index (Phi) is 23.9. The topological polar surface area (TPSA) is 0 Å². The molecule has 0 amide bonds. The maximum Gasteiger partial charge on any atom is 2.00 e. The minimum absolute atomic E-state index is 0. The quantitative estimate of drug-likeness (QED) is 0.291. The first kappa shape index (κ1) is 19.1. The van der Waals surface area contributed by atoms with Crippen LogP contribution in [0.3, 0.4) is 0 Å². The van der Waals surface area contributed by atoms with Crippen molar-refractivity contribution in [1.82, 2.24) is 0 Å². The fraction of sp³-hybridized carbons (Fsp3) is 0.900. The van der Waals surface area contributed by atoms with Crippen LogP contribution in [0.1, 0.15) is 59.3 Å². The molecule has 0 aliphatic rings. The van der Waals surface area contributed by atoms with Gasteiger partial charge in [-0.3, -0.25) is 0 Å². The van der Waals surface area contributed by atoms with E-state index in [1.807, 2.05) is 0 Å². The van der Waals surface area contributed by atoms with Crippen LogP contribution in [0.2, 0.25) is 0 Å². The number of hydrogen-bond donors (Lipinski definition) is 0. The Bertz CT molecular complexity index is 64.9. The average Bonchev–Trinajstić information content (AvgIpc) is 1.87. The van der Waals surface area contributed by atoms with Gasteiger partial charge in [-0.15, -0.1) is 0 Å². The van der Waals surface area contributed by atoms with E-state index in [-0.39, 0.29) is 47.0 Å². The van der Waals surface area contributed by atoms with E-state index in [2.05, 4.69) is 20.8 Å². The summed E-state index contributed by atoms with van der Waals surface area (Å²) in [6.45, 7) is 6.71. The van der Waals surface area contributed by atoms with Crippen LogP contribution in [0, 0.1) is 5.92 Å². The van der Waals surface area contributed by atoms with Crippen LogP contribution in [-0.2, 0) is 0 Å². The molecule has 0 heterocycles. The van der Waals surface area contributed by atoms with Gasteiger partial charge in [-0.25, -0.2) is 0 Å². The summed E-state index contributed by atoms with van der Waals surface area (Å²) in [5, 5.41) is 0. The normalized spacial score (nSPS) is 9.00. The Labute approximate surface area is 111 Å². The van der Waals surface area contributed by atoms with Crippen molar-refractivity contribution in [3.8, 4) is 0 Å². The minimum Gasteiger partial charge on any atom is -1.00 e. The molecule has 0 radical (unpaired) electrons. The number of hydrogen-bond acceptors (Lipinski definition) is 0. The van der Waals surface area contributed by atoms with Crippen LogP contribution >= 0.6 is 0 Å². The van der Waals surface area contributed by atoms with E-state index in [1.165, 1.54) is 38.5 Å². The number of rotatable bonds is 6. The second kappa shape index (κ2) is 15.0. The summed E-state index contributed by atoms with van der Waals surface area (Å²) in [7, 11) is 0. The van der Waals surface area contributed by atoms with Gasteiger partial charge >= 0.3 is 23.1 Å². The molecule has 0 aromatic heterocycles. The summed E-state index contributed by atoms with van der Waals surface area (Å²) in [4.78, 5) is 0. The van der Waals surface area contributed by atoms with Crippen LogP contribution in [0.5, 0.6) is 0 Å². The molecule has 0 N–H and O–H groups in total. The molecule has 0 fully saturated rings. The Morgan fingerprint density at radius 3 is 1.83 bits per heavy atom. The summed E-state index contributed by atoms with van der Waals surface area (Å²) < 4.78 is 0. The summed E-state index contributed by atoms with van der Waals surface area (Å²) >= 11 is 0. The molecule has 0 aliphatic heterocycles. The number of halogens is 1. The van der Waals surface area contributed by atoms with Crippen molar-refractivity contribution in [2.45, 2.75) is 59.3 Å². The first-order valence-electron chi connectivity index (χ1n) is 4.56. The molecule has 0 unspecified atom stereocenters. The largest absolute Gasteiger partial charge is 2.00 e. The maximum absolute atomic E-state index is 2.26. The van der Waals surface area contributed by atoms with Gasteiger partial charge in [0.05, 0.1) is 0 Å². The third-order valence-electron chi connectivity index (χ3n) is 1.78. The number of unbranched alkanes of at least 4 members (excludes halogenated alkanes) is 4. The van der Waals surface area contributed by atoms with Gasteiger partial charge in [0, 0.05) is 0 Å². The summed E-state index contributed by atoms with van der Waals surface area (Å²) in [5.74, 6) is 1.58. The van der Waals surface area contributed by atoms with Crippen molar-refractivity contribution < 1.29 is 24.0 Å². The molecule has 0 spiro atoms. The van der Waals surface area contributed by atoms with Gasteiger partial charge in [0.15, 0.2) is 0 Å². The van der Waals surface area contributed by atoms with Crippen LogP contribution in [0.25, 0.3) is 0 Å². The van der Waals surface area contributed by atoms with Crippen molar-refractivity contribution in [1.29, 1.82) is 0 Å². The first-order valence-corrected chi connectivity index (χ1v) is 4.56. The molecule has 0 rings (SSSR count). The van der Waals surface area contributed by atoms with E-state index in [0.717, 1.165) is 0 Å². The standard InChI is InChI=1S/C10H21.HI.Mg/c1-4-5-6-7-8-9-10(2)3;;/h4-9H2,1-3H3;1H;/q-1;;+2/p-1. The van der Waals surface area contributed by atoms with Crippen molar-refractivity contribution in [2.24, 2.45) is 0 Å². The second-order valence-corrected chi connectivity index (χ2v) is 3.37. The van der Waals surface area contributed by atoms with E-state index in [4.69, 9.17) is 0 Å². The van der Waals surface area contributed by atoms with Gasteiger partial charge in [0.1, 0.15) is 0 Å². The predicted molar refractivity (Wildman–Crippen MR) is 53.7 cm³/mol. The molecule has 0 atom stereocenters. The molecule has 0 bridgehead atoms. The zero-order valence-electron chi connectivity index (χ0n) is 8.83. The van der Waals surface area contributed by atoms with E-state index in [0.29, 0.717) is 0 Å². The van der Waals surface area contributed by atoms with Crippen LogP contribution in [-0.4, -0.2) is 23.1 Å². The molecule has 0 nitrogen and oxygen atoms in total. The predicted octanol–water partition coefficient (Wildman–Crippen LogP) is 0.584. The van der Waals surface area contributed by atoms with Crippen molar-refractivity contribution in [2.75, 3.05) is 0 Å². The molecule has 0 saturated heterocycles. The summed E-state index contributed by atoms with van der Waals surface area (Å²) in [6.07, 6.45) is 8.38. The Balaban J connectivity index is -0.000000405. The Morgan fingerprint density at radius 1 is 0.917 bits per heavy atom. The first-order chi connectivity index (χ1) is 4.77. The molecular weight excluding hydrogens is 271 g/mol. The molecule has 0 aliphatic carbocycles. The van der Waals surface area contributed by atoms with E-state index in [1.54, 1.807) is 5.92 Å². The third-order valence-corrected chi connectivity index (χ3v) is 1.78. The molecule has 70 valence electrons. The van der Waals surface area contributed by atoms with Crippen molar-refractivity contribution in [3.63, 3.8) is 0 Å². The van der Waals surface area contributed by atoms with Gasteiger partial charge < -0.3 is 29.9 Å². The van der Waals surface area contributed by atoms with Gasteiger partial charge in [0.2, 0.25) is 0 Å². The smallest absolute Gasteiger partial charge is 1.00 e. The third kappa shape index (κ3) is 17.5. The second-order valence-electron chi connectivity index (χ2n) is 3.37. The van der Waals surface area contributed by atoms with Gasteiger partial charge in [-0.1, -0.05) is 39.0 Å². The summed E-state index contributed by atoms with van der Waals surface area (Å²) in [5.41, 5.74) is 0. The zero-order valence-corrected chi connectivity index (χ0v) is 12.4. The fourth-order valence-corrected chi connectivity index (χ4v) is 1.08. The van der Waals surface area contributed by atoms with Crippen LogP contribution in [0.15, 0.2) is 0 Å². The van der Waals surface area contributed by atoms with E-state index >= 15 is 0 Å². The molecule has 12 heavy (non-hydrogen) atoms. The van der Waals surface area contributed by atoms with Gasteiger partial charge in [-0.05, 0) is 0 Å². The monoisotopic (exact) mass is 292 g/mol. The molecule has 0 saturated carbocycles. The zero-order chi connectivity index (χ0) is 7.82. The van der Waals surface area contributed by atoms with Crippen molar-refractivity contribution >= 4 is 23.1 Å². The fourth-order valence-electron chi connectivity index (χ4n) is 1.08. The van der Waals surface area contributed by atoms with Crippen molar-refractivity contribution in [3.05, 3.63) is 5.92 Å².